The molecule has 0 unspecified atom stereocenters. The van der Waals surface area contributed by atoms with E-state index < -0.39 is 0 Å². The van der Waals surface area contributed by atoms with Crippen LogP contribution in [-0.2, 0) is 0 Å². The van der Waals surface area contributed by atoms with E-state index in [1.165, 1.54) is 12.8 Å². The summed E-state index contributed by atoms with van der Waals surface area (Å²) in [6.07, 6.45) is 5.27. The zero-order valence-electron chi connectivity index (χ0n) is 9.87. The highest BCUT2D eigenvalue weighted by Crippen LogP contribution is 2.17. The van der Waals surface area contributed by atoms with Crippen LogP contribution in [0.1, 0.15) is 39.0 Å². The van der Waals surface area contributed by atoms with Crippen molar-refractivity contribution in [2.24, 2.45) is 5.73 Å². The minimum atomic E-state index is 0.0191. The van der Waals surface area contributed by atoms with Gasteiger partial charge in [0.2, 0.25) is 0 Å². The summed E-state index contributed by atoms with van der Waals surface area (Å²) in [5.41, 5.74) is 5.43. The number of hydrogen-bond donors (Lipinski definition) is 2. The lowest BCUT2D eigenvalue weighted by Gasteiger charge is -2.23. The van der Waals surface area contributed by atoms with Gasteiger partial charge in [-0.15, -0.1) is 0 Å². The molecule has 4 nitrogen and oxygen atoms in total. The topological polar surface area (TPSA) is 58.4 Å². The van der Waals surface area contributed by atoms with E-state index in [2.05, 4.69) is 5.32 Å². The zero-order chi connectivity index (χ0) is 12.0. The first kappa shape index (κ1) is 13.2. The summed E-state index contributed by atoms with van der Waals surface area (Å²) >= 11 is 4.81. The lowest BCUT2D eigenvalue weighted by Crippen LogP contribution is -2.44. The lowest BCUT2D eigenvalue weighted by molar-refractivity contribution is 0.198. The lowest BCUT2D eigenvalue weighted by atomic mass is 10.2. The molecule has 3 N–H and O–H groups in total. The van der Waals surface area contributed by atoms with Gasteiger partial charge >= 0.3 is 6.03 Å². The Kier molecular flexibility index (Phi) is 5.52. The van der Waals surface area contributed by atoms with Gasteiger partial charge in [0.1, 0.15) is 0 Å². The van der Waals surface area contributed by atoms with Gasteiger partial charge < -0.3 is 16.0 Å². The molecule has 0 radical (unpaired) electrons. The largest absolute Gasteiger partial charge is 0.393 e. The predicted octanol–water partition coefficient (Wildman–Crippen LogP) is 1.64. The van der Waals surface area contributed by atoms with Crippen LogP contribution >= 0.6 is 12.2 Å². The Balaban J connectivity index is 2.32. The Bertz CT molecular complexity index is 252. The second-order valence-electron chi connectivity index (χ2n) is 4.23. The molecule has 0 aromatic heterocycles. The number of thiocarbonyl (C=S) groups is 1. The van der Waals surface area contributed by atoms with Crippen molar-refractivity contribution in [1.82, 2.24) is 10.2 Å². The number of amides is 2. The van der Waals surface area contributed by atoms with Crippen molar-refractivity contribution in [2.75, 3.05) is 13.1 Å². The van der Waals surface area contributed by atoms with Crippen LogP contribution in [0, 0.1) is 0 Å². The third-order valence-electron chi connectivity index (χ3n) is 2.98. The third kappa shape index (κ3) is 4.35. The molecule has 2 amide bonds. The molecule has 1 aliphatic carbocycles. The molecule has 16 heavy (non-hydrogen) atoms. The molecule has 0 aliphatic heterocycles. The van der Waals surface area contributed by atoms with Gasteiger partial charge in [0.25, 0.3) is 0 Å². The van der Waals surface area contributed by atoms with E-state index in [-0.39, 0.29) is 6.03 Å². The van der Waals surface area contributed by atoms with Gasteiger partial charge in [0.15, 0.2) is 0 Å². The second-order valence-corrected chi connectivity index (χ2v) is 4.75. The van der Waals surface area contributed by atoms with Crippen molar-refractivity contribution in [3.63, 3.8) is 0 Å². The molecule has 1 rings (SSSR count). The SMILES string of the molecule is CCN(CCC(N)=S)C(=O)NC1CCCC1. The monoisotopic (exact) mass is 243 g/mol. The highest BCUT2D eigenvalue weighted by atomic mass is 32.1. The summed E-state index contributed by atoms with van der Waals surface area (Å²) < 4.78 is 0. The molecule has 0 aromatic rings. The summed E-state index contributed by atoms with van der Waals surface area (Å²) in [5, 5.41) is 3.06. The predicted molar refractivity (Wildman–Crippen MR) is 69.4 cm³/mol. The van der Waals surface area contributed by atoms with Gasteiger partial charge in [-0.25, -0.2) is 4.79 Å². The first-order valence-corrected chi connectivity index (χ1v) is 6.38. The normalized spacial score (nSPS) is 16.1. The fourth-order valence-electron chi connectivity index (χ4n) is 1.98. The molecule has 5 heteroatoms. The van der Waals surface area contributed by atoms with Crippen molar-refractivity contribution in [1.29, 1.82) is 0 Å². The van der Waals surface area contributed by atoms with Crippen molar-refractivity contribution < 1.29 is 4.79 Å². The number of carbonyl (C=O) groups is 1. The molecule has 0 atom stereocenters. The average molecular weight is 243 g/mol. The fraction of sp³-hybridized carbons (Fsp3) is 0.818. The first-order chi connectivity index (χ1) is 7.63. The standard InChI is InChI=1S/C11H21N3OS/c1-2-14(8-7-10(12)16)11(15)13-9-5-3-4-6-9/h9H,2-8H2,1H3,(H2,12,16)(H,13,15). The second kappa shape index (κ2) is 6.68. The maximum Gasteiger partial charge on any atom is 0.317 e. The molecule has 1 saturated carbocycles. The summed E-state index contributed by atoms with van der Waals surface area (Å²) in [7, 11) is 0. The Morgan fingerprint density at radius 1 is 1.50 bits per heavy atom. The van der Waals surface area contributed by atoms with Crippen LogP contribution in [0.5, 0.6) is 0 Å². The maximum absolute atomic E-state index is 11.9. The number of hydrogen-bond acceptors (Lipinski definition) is 2. The number of urea groups is 1. The van der Waals surface area contributed by atoms with Gasteiger partial charge in [-0.1, -0.05) is 25.1 Å². The molecule has 0 spiro atoms. The molecule has 92 valence electrons. The highest BCUT2D eigenvalue weighted by Gasteiger charge is 2.19. The van der Waals surface area contributed by atoms with Crippen LogP contribution in [0.3, 0.4) is 0 Å². The van der Waals surface area contributed by atoms with E-state index in [9.17, 15) is 4.79 Å². The summed E-state index contributed by atoms with van der Waals surface area (Å²) in [5.74, 6) is 0. The smallest absolute Gasteiger partial charge is 0.317 e. The Hall–Kier alpha value is -0.840. The number of nitrogens with zero attached hydrogens (tertiary/aromatic N) is 1. The molecular formula is C11H21N3OS. The van der Waals surface area contributed by atoms with Gasteiger partial charge in [-0.05, 0) is 19.8 Å². The molecular weight excluding hydrogens is 222 g/mol. The van der Waals surface area contributed by atoms with E-state index in [1.807, 2.05) is 6.92 Å². The third-order valence-corrected chi connectivity index (χ3v) is 3.18. The van der Waals surface area contributed by atoms with Crippen LogP contribution in [0.25, 0.3) is 0 Å². The van der Waals surface area contributed by atoms with E-state index >= 15 is 0 Å². The van der Waals surface area contributed by atoms with E-state index in [1.54, 1.807) is 4.90 Å². The molecule has 1 fully saturated rings. The van der Waals surface area contributed by atoms with E-state index in [0.29, 0.717) is 30.5 Å². The number of rotatable bonds is 5. The van der Waals surface area contributed by atoms with E-state index in [4.69, 9.17) is 18.0 Å². The van der Waals surface area contributed by atoms with Crippen LogP contribution in [-0.4, -0.2) is 35.1 Å². The molecule has 0 saturated heterocycles. The Labute approximate surface area is 103 Å². The molecule has 0 aromatic carbocycles. The summed E-state index contributed by atoms with van der Waals surface area (Å²) in [4.78, 5) is 14.1. The van der Waals surface area contributed by atoms with Crippen LogP contribution in [0.15, 0.2) is 0 Å². The van der Waals surface area contributed by atoms with Crippen molar-refractivity contribution in [2.45, 2.75) is 45.1 Å². The zero-order valence-corrected chi connectivity index (χ0v) is 10.7. The Morgan fingerprint density at radius 2 is 2.12 bits per heavy atom. The minimum absolute atomic E-state index is 0.0191. The van der Waals surface area contributed by atoms with Gasteiger partial charge in [-0.2, -0.15) is 0 Å². The van der Waals surface area contributed by atoms with Gasteiger partial charge in [-0.3, -0.25) is 0 Å². The first-order valence-electron chi connectivity index (χ1n) is 5.97. The summed E-state index contributed by atoms with van der Waals surface area (Å²) in [6.45, 7) is 3.28. The van der Waals surface area contributed by atoms with E-state index in [0.717, 1.165) is 12.8 Å². The fourth-order valence-corrected chi connectivity index (χ4v) is 2.08. The quantitative estimate of drug-likeness (QED) is 0.722. The maximum atomic E-state index is 11.9. The van der Waals surface area contributed by atoms with Crippen LogP contribution < -0.4 is 11.1 Å². The number of carbonyl (C=O) groups excluding carboxylic acids is 1. The Morgan fingerprint density at radius 3 is 2.62 bits per heavy atom. The minimum Gasteiger partial charge on any atom is -0.393 e. The molecule has 0 heterocycles. The van der Waals surface area contributed by atoms with Crippen LogP contribution in [0.2, 0.25) is 0 Å². The summed E-state index contributed by atoms with van der Waals surface area (Å²) in [6, 6.07) is 0.386. The average Bonchev–Trinajstić information content (AvgIpc) is 2.71. The highest BCUT2D eigenvalue weighted by molar-refractivity contribution is 7.80. The van der Waals surface area contributed by atoms with Crippen molar-refractivity contribution in [3.8, 4) is 0 Å². The van der Waals surface area contributed by atoms with Gasteiger partial charge in [0.05, 0.1) is 4.99 Å². The van der Waals surface area contributed by atoms with Crippen molar-refractivity contribution in [3.05, 3.63) is 0 Å². The van der Waals surface area contributed by atoms with Crippen LogP contribution in [0.4, 0.5) is 4.79 Å². The molecule has 0 bridgehead atoms. The molecule has 1 aliphatic rings. The van der Waals surface area contributed by atoms with Crippen molar-refractivity contribution >= 4 is 23.2 Å². The number of nitrogens with two attached hydrogens (primary N) is 1. The number of nitrogens with one attached hydrogen (secondary N) is 1. The van der Waals surface area contributed by atoms with Gasteiger partial charge in [0, 0.05) is 25.6 Å².